The van der Waals surface area contributed by atoms with Gasteiger partial charge in [-0.3, -0.25) is 4.90 Å². The molecule has 1 aliphatic carbocycles. The predicted molar refractivity (Wildman–Crippen MR) is 82.0 cm³/mol. The Balaban J connectivity index is 2.00. The largest absolute Gasteiger partial charge is 0.323 e. The summed E-state index contributed by atoms with van der Waals surface area (Å²) in [5, 5.41) is 0. The Morgan fingerprint density at radius 2 is 1.75 bits per heavy atom. The minimum Gasteiger partial charge on any atom is -0.323 e. The van der Waals surface area contributed by atoms with Crippen LogP contribution in [0.2, 0.25) is 0 Å². The van der Waals surface area contributed by atoms with E-state index in [1.54, 1.807) is 0 Å². The van der Waals surface area contributed by atoms with Gasteiger partial charge >= 0.3 is 0 Å². The van der Waals surface area contributed by atoms with Crippen LogP contribution in [0.15, 0.2) is 24.3 Å². The second-order valence-corrected chi connectivity index (χ2v) is 6.44. The van der Waals surface area contributed by atoms with Gasteiger partial charge in [0.1, 0.15) is 5.82 Å². The maximum Gasteiger partial charge on any atom is 0.123 e. The van der Waals surface area contributed by atoms with Gasteiger partial charge in [-0.25, -0.2) is 4.39 Å². The number of benzene rings is 1. The Kier molecular flexibility index (Phi) is 5.55. The quantitative estimate of drug-likeness (QED) is 0.859. The summed E-state index contributed by atoms with van der Waals surface area (Å²) in [6.07, 6.45) is 5.27. The second-order valence-electron chi connectivity index (χ2n) is 6.44. The van der Waals surface area contributed by atoms with Crippen molar-refractivity contribution in [2.45, 2.75) is 51.6 Å². The lowest BCUT2D eigenvalue weighted by molar-refractivity contribution is 0.167. The summed E-state index contributed by atoms with van der Waals surface area (Å²) in [5.74, 6) is 0.451. The van der Waals surface area contributed by atoms with E-state index in [1.807, 2.05) is 12.1 Å². The topological polar surface area (TPSA) is 29.3 Å². The van der Waals surface area contributed by atoms with Crippen LogP contribution in [0.1, 0.15) is 51.1 Å². The van der Waals surface area contributed by atoms with Crippen molar-refractivity contribution in [1.29, 1.82) is 0 Å². The van der Waals surface area contributed by atoms with Gasteiger partial charge in [-0.15, -0.1) is 0 Å². The molecule has 2 nitrogen and oxygen atoms in total. The molecule has 1 unspecified atom stereocenters. The van der Waals surface area contributed by atoms with Gasteiger partial charge in [-0.05, 0) is 36.5 Å². The van der Waals surface area contributed by atoms with Gasteiger partial charge in [0, 0.05) is 25.2 Å². The van der Waals surface area contributed by atoms with Crippen LogP contribution in [-0.2, 0) is 0 Å². The van der Waals surface area contributed by atoms with Crippen LogP contribution in [0.3, 0.4) is 0 Å². The van der Waals surface area contributed by atoms with Gasteiger partial charge in [0.2, 0.25) is 0 Å². The van der Waals surface area contributed by atoms with Gasteiger partial charge in [0.15, 0.2) is 0 Å². The average molecular weight is 278 g/mol. The fourth-order valence-electron chi connectivity index (χ4n) is 3.18. The van der Waals surface area contributed by atoms with Crippen LogP contribution >= 0.6 is 0 Å². The van der Waals surface area contributed by atoms with Crippen molar-refractivity contribution in [1.82, 2.24) is 4.90 Å². The lowest BCUT2D eigenvalue weighted by atomic mass is 10.0. The normalized spacial score (nSPS) is 18.1. The predicted octanol–water partition coefficient (Wildman–Crippen LogP) is 3.73. The molecule has 1 aromatic carbocycles. The number of nitrogens with two attached hydrogens (primary N) is 1. The zero-order valence-electron chi connectivity index (χ0n) is 12.7. The fourth-order valence-corrected chi connectivity index (χ4v) is 3.18. The first-order chi connectivity index (χ1) is 9.56. The van der Waals surface area contributed by atoms with Gasteiger partial charge < -0.3 is 5.73 Å². The van der Waals surface area contributed by atoms with E-state index < -0.39 is 0 Å². The van der Waals surface area contributed by atoms with E-state index in [4.69, 9.17) is 5.73 Å². The Bertz CT molecular complexity index is 396. The molecule has 2 rings (SSSR count). The van der Waals surface area contributed by atoms with E-state index in [0.717, 1.165) is 18.7 Å². The smallest absolute Gasteiger partial charge is 0.123 e. The molecule has 0 heterocycles. The van der Waals surface area contributed by atoms with Crippen molar-refractivity contribution in [2.24, 2.45) is 11.7 Å². The molecule has 0 radical (unpaired) electrons. The second kappa shape index (κ2) is 7.19. The minimum atomic E-state index is -0.198. The molecule has 1 atom stereocenters. The Labute approximate surface area is 122 Å². The maximum absolute atomic E-state index is 13.0. The summed E-state index contributed by atoms with van der Waals surface area (Å²) >= 11 is 0. The van der Waals surface area contributed by atoms with Crippen molar-refractivity contribution in [3.63, 3.8) is 0 Å². The summed E-state index contributed by atoms with van der Waals surface area (Å²) in [5.41, 5.74) is 7.35. The Morgan fingerprint density at radius 1 is 1.15 bits per heavy atom. The van der Waals surface area contributed by atoms with E-state index in [1.165, 1.54) is 37.8 Å². The van der Waals surface area contributed by atoms with Crippen LogP contribution in [0.5, 0.6) is 0 Å². The molecular formula is C17H27FN2. The molecular weight excluding hydrogens is 251 g/mol. The molecule has 1 fully saturated rings. The molecule has 2 N–H and O–H groups in total. The molecule has 112 valence electrons. The van der Waals surface area contributed by atoms with Gasteiger partial charge in [0.05, 0.1) is 0 Å². The van der Waals surface area contributed by atoms with Crippen LogP contribution in [0.4, 0.5) is 4.39 Å². The van der Waals surface area contributed by atoms with Gasteiger partial charge in [0.25, 0.3) is 0 Å². The van der Waals surface area contributed by atoms with Crippen LogP contribution in [-0.4, -0.2) is 24.0 Å². The van der Waals surface area contributed by atoms with Crippen molar-refractivity contribution in [2.75, 3.05) is 13.1 Å². The molecule has 0 bridgehead atoms. The highest BCUT2D eigenvalue weighted by Gasteiger charge is 2.24. The zero-order chi connectivity index (χ0) is 14.5. The van der Waals surface area contributed by atoms with E-state index >= 15 is 0 Å². The summed E-state index contributed by atoms with van der Waals surface area (Å²) < 4.78 is 13.0. The molecule has 1 aromatic rings. The number of hydrogen-bond donors (Lipinski definition) is 1. The van der Waals surface area contributed by atoms with Crippen LogP contribution in [0, 0.1) is 11.7 Å². The molecule has 0 aromatic heterocycles. The Hall–Kier alpha value is -0.930. The first-order valence-corrected chi connectivity index (χ1v) is 7.81. The van der Waals surface area contributed by atoms with Crippen LogP contribution < -0.4 is 5.73 Å². The Morgan fingerprint density at radius 3 is 2.30 bits per heavy atom. The van der Waals surface area contributed by atoms with E-state index in [0.29, 0.717) is 12.0 Å². The first kappa shape index (κ1) is 15.5. The standard InChI is InChI=1S/C17H27FN2/c1-13(2)11-20(16-5-3-4-6-16)12-17(19)14-7-9-15(18)10-8-14/h7-10,13,16-17H,3-6,11-12,19H2,1-2H3. The van der Waals surface area contributed by atoms with Gasteiger partial charge in [-0.1, -0.05) is 38.8 Å². The molecule has 1 aliphatic rings. The molecule has 1 saturated carbocycles. The molecule has 0 amide bonds. The highest BCUT2D eigenvalue weighted by Crippen LogP contribution is 2.26. The van der Waals surface area contributed by atoms with Crippen LogP contribution in [0.25, 0.3) is 0 Å². The number of rotatable bonds is 6. The summed E-state index contributed by atoms with van der Waals surface area (Å²) in [7, 11) is 0. The molecule has 0 spiro atoms. The van der Waals surface area contributed by atoms with E-state index in [9.17, 15) is 4.39 Å². The van der Waals surface area contributed by atoms with Crippen molar-refractivity contribution in [3.8, 4) is 0 Å². The molecule has 20 heavy (non-hydrogen) atoms. The number of hydrogen-bond acceptors (Lipinski definition) is 2. The monoisotopic (exact) mass is 278 g/mol. The third-order valence-corrected chi connectivity index (χ3v) is 4.17. The van der Waals surface area contributed by atoms with Crippen molar-refractivity contribution >= 4 is 0 Å². The summed E-state index contributed by atoms with van der Waals surface area (Å²) in [6, 6.07) is 7.26. The lowest BCUT2D eigenvalue weighted by Gasteiger charge is -2.32. The third kappa shape index (κ3) is 4.29. The first-order valence-electron chi connectivity index (χ1n) is 7.81. The number of nitrogens with zero attached hydrogens (tertiary/aromatic N) is 1. The van der Waals surface area contributed by atoms with Crippen molar-refractivity contribution in [3.05, 3.63) is 35.6 Å². The zero-order valence-corrected chi connectivity index (χ0v) is 12.7. The highest BCUT2D eigenvalue weighted by molar-refractivity contribution is 5.19. The third-order valence-electron chi connectivity index (χ3n) is 4.17. The minimum absolute atomic E-state index is 0.0325. The number of halogens is 1. The maximum atomic E-state index is 13.0. The molecule has 0 saturated heterocycles. The van der Waals surface area contributed by atoms with E-state index in [2.05, 4.69) is 18.7 Å². The van der Waals surface area contributed by atoms with Gasteiger partial charge in [-0.2, -0.15) is 0 Å². The average Bonchev–Trinajstić information content (AvgIpc) is 2.92. The highest BCUT2D eigenvalue weighted by atomic mass is 19.1. The van der Waals surface area contributed by atoms with E-state index in [-0.39, 0.29) is 11.9 Å². The molecule has 0 aliphatic heterocycles. The SMILES string of the molecule is CC(C)CN(CC(N)c1ccc(F)cc1)C1CCCC1. The summed E-state index contributed by atoms with van der Waals surface area (Å²) in [4.78, 5) is 2.55. The molecule has 3 heteroatoms. The van der Waals surface area contributed by atoms with Crippen molar-refractivity contribution < 1.29 is 4.39 Å². The fraction of sp³-hybridized carbons (Fsp3) is 0.647. The summed E-state index contributed by atoms with van der Waals surface area (Å²) in [6.45, 7) is 6.48. The lowest BCUT2D eigenvalue weighted by Crippen LogP contribution is -2.41.